The number of rotatable bonds is 5. The number of hydrogen-bond donors (Lipinski definition) is 1. The zero-order valence-electron chi connectivity index (χ0n) is 12.6. The van der Waals surface area contributed by atoms with Crippen LogP contribution in [-0.2, 0) is 0 Å². The predicted octanol–water partition coefficient (Wildman–Crippen LogP) is 1.85. The first kappa shape index (κ1) is 18.5. The molecule has 2 N–H and O–H groups in total. The molecule has 5 nitrogen and oxygen atoms in total. The highest BCUT2D eigenvalue weighted by atomic mass is 35.5. The Balaban J connectivity index is 0.00000361. The van der Waals surface area contributed by atoms with Crippen molar-refractivity contribution in [1.29, 1.82) is 0 Å². The highest BCUT2D eigenvalue weighted by Gasteiger charge is 2.19. The number of benzene rings is 1. The van der Waals surface area contributed by atoms with E-state index in [-0.39, 0.29) is 24.4 Å². The van der Waals surface area contributed by atoms with Crippen molar-refractivity contribution in [3.8, 4) is 11.5 Å². The molecule has 1 aromatic rings. The summed E-state index contributed by atoms with van der Waals surface area (Å²) in [5.74, 6) is 1.17. The van der Waals surface area contributed by atoms with Gasteiger partial charge in [0.1, 0.15) is 11.5 Å². The van der Waals surface area contributed by atoms with E-state index in [0.29, 0.717) is 23.6 Å². The van der Waals surface area contributed by atoms with Gasteiger partial charge in [-0.25, -0.2) is 0 Å². The number of carbonyl (C=O) groups excluding carboxylic acids is 1. The van der Waals surface area contributed by atoms with Crippen molar-refractivity contribution in [2.24, 2.45) is 5.73 Å². The van der Waals surface area contributed by atoms with Crippen molar-refractivity contribution in [1.82, 2.24) is 4.90 Å². The molecule has 1 amide bonds. The molecule has 0 bridgehead atoms. The molecule has 114 valence electrons. The molecule has 0 aliphatic carbocycles. The quantitative estimate of drug-likeness (QED) is 0.901. The minimum Gasteiger partial charge on any atom is -0.496 e. The monoisotopic (exact) mass is 302 g/mol. The minimum atomic E-state index is -0.102. The van der Waals surface area contributed by atoms with Gasteiger partial charge in [0, 0.05) is 30.8 Å². The van der Waals surface area contributed by atoms with E-state index in [1.165, 1.54) is 0 Å². The van der Waals surface area contributed by atoms with Crippen molar-refractivity contribution in [3.63, 3.8) is 0 Å². The first-order valence-corrected chi connectivity index (χ1v) is 6.16. The zero-order valence-corrected chi connectivity index (χ0v) is 13.4. The molecule has 0 spiro atoms. The molecule has 0 radical (unpaired) electrons. The lowest BCUT2D eigenvalue weighted by Crippen LogP contribution is -2.39. The Morgan fingerprint density at radius 3 is 2.10 bits per heavy atom. The van der Waals surface area contributed by atoms with Gasteiger partial charge in [-0.3, -0.25) is 4.79 Å². The maximum absolute atomic E-state index is 12.4. The van der Waals surface area contributed by atoms with Crippen LogP contribution in [0.1, 0.15) is 22.8 Å². The van der Waals surface area contributed by atoms with Gasteiger partial charge in [-0.05, 0) is 26.0 Å². The van der Waals surface area contributed by atoms with Gasteiger partial charge in [0.2, 0.25) is 0 Å². The lowest BCUT2D eigenvalue weighted by Gasteiger charge is -2.24. The molecule has 0 saturated carbocycles. The van der Waals surface area contributed by atoms with Crippen LogP contribution in [0.5, 0.6) is 11.5 Å². The molecule has 0 aliphatic heterocycles. The van der Waals surface area contributed by atoms with E-state index in [0.717, 1.165) is 5.56 Å². The van der Waals surface area contributed by atoms with Gasteiger partial charge < -0.3 is 20.1 Å². The molecule has 0 heterocycles. The topological polar surface area (TPSA) is 64.8 Å². The highest BCUT2D eigenvalue weighted by Crippen LogP contribution is 2.30. The third-order valence-corrected chi connectivity index (χ3v) is 3.32. The molecule has 1 aromatic carbocycles. The van der Waals surface area contributed by atoms with E-state index in [1.807, 2.05) is 13.8 Å². The number of nitrogens with two attached hydrogens (primary N) is 1. The van der Waals surface area contributed by atoms with E-state index < -0.39 is 0 Å². The van der Waals surface area contributed by atoms with Gasteiger partial charge in [0.25, 0.3) is 5.91 Å². The summed E-state index contributed by atoms with van der Waals surface area (Å²) >= 11 is 0. The molecule has 1 atom stereocenters. The second kappa shape index (κ2) is 7.97. The summed E-state index contributed by atoms with van der Waals surface area (Å²) in [6, 6.07) is 3.42. The lowest BCUT2D eigenvalue weighted by atomic mass is 10.1. The molecule has 0 saturated heterocycles. The Morgan fingerprint density at radius 1 is 1.30 bits per heavy atom. The second-order valence-corrected chi connectivity index (χ2v) is 4.51. The Hall–Kier alpha value is -1.46. The smallest absolute Gasteiger partial charge is 0.254 e. The first-order valence-electron chi connectivity index (χ1n) is 6.16. The van der Waals surface area contributed by atoms with Crippen LogP contribution in [0.4, 0.5) is 0 Å². The summed E-state index contributed by atoms with van der Waals surface area (Å²) in [6.07, 6.45) is 0. The third-order valence-electron chi connectivity index (χ3n) is 3.32. The number of hydrogen-bond acceptors (Lipinski definition) is 4. The number of ether oxygens (including phenoxy) is 2. The van der Waals surface area contributed by atoms with E-state index >= 15 is 0 Å². The van der Waals surface area contributed by atoms with Crippen molar-refractivity contribution in [2.45, 2.75) is 19.9 Å². The van der Waals surface area contributed by atoms with Crippen LogP contribution in [-0.4, -0.2) is 44.7 Å². The average Bonchev–Trinajstić information content (AvgIpc) is 2.44. The van der Waals surface area contributed by atoms with Crippen molar-refractivity contribution in [2.75, 3.05) is 27.8 Å². The van der Waals surface area contributed by atoms with Gasteiger partial charge in [0.15, 0.2) is 0 Å². The minimum absolute atomic E-state index is 0. The molecule has 1 rings (SSSR count). The van der Waals surface area contributed by atoms with Crippen LogP contribution in [0, 0.1) is 6.92 Å². The Bertz CT molecular complexity index is 441. The summed E-state index contributed by atoms with van der Waals surface area (Å²) in [5.41, 5.74) is 6.98. The van der Waals surface area contributed by atoms with Gasteiger partial charge in [-0.15, -0.1) is 12.4 Å². The lowest BCUT2D eigenvalue weighted by molar-refractivity contribution is 0.0747. The summed E-state index contributed by atoms with van der Waals surface area (Å²) < 4.78 is 10.5. The summed E-state index contributed by atoms with van der Waals surface area (Å²) in [4.78, 5) is 14.0. The molecular formula is C14H23ClN2O3. The van der Waals surface area contributed by atoms with Crippen molar-refractivity contribution >= 4 is 18.3 Å². The highest BCUT2D eigenvalue weighted by molar-refractivity contribution is 5.95. The van der Waals surface area contributed by atoms with Crippen LogP contribution in [0.2, 0.25) is 0 Å². The van der Waals surface area contributed by atoms with Crippen LogP contribution < -0.4 is 15.2 Å². The zero-order chi connectivity index (χ0) is 14.6. The number of nitrogens with zero attached hydrogens (tertiary/aromatic N) is 1. The van der Waals surface area contributed by atoms with E-state index in [9.17, 15) is 4.79 Å². The predicted molar refractivity (Wildman–Crippen MR) is 82.1 cm³/mol. The van der Waals surface area contributed by atoms with Crippen LogP contribution in [0.25, 0.3) is 0 Å². The second-order valence-electron chi connectivity index (χ2n) is 4.51. The molecule has 0 aromatic heterocycles. The van der Waals surface area contributed by atoms with Crippen LogP contribution >= 0.6 is 12.4 Å². The van der Waals surface area contributed by atoms with Gasteiger partial charge in [-0.2, -0.15) is 0 Å². The van der Waals surface area contributed by atoms with E-state index in [2.05, 4.69) is 0 Å². The van der Waals surface area contributed by atoms with Crippen LogP contribution in [0.15, 0.2) is 12.1 Å². The maximum Gasteiger partial charge on any atom is 0.254 e. The van der Waals surface area contributed by atoms with Crippen LogP contribution in [0.3, 0.4) is 0 Å². The molecule has 0 fully saturated rings. The summed E-state index contributed by atoms with van der Waals surface area (Å²) in [6.45, 7) is 4.21. The molecule has 1 unspecified atom stereocenters. The average molecular weight is 303 g/mol. The Morgan fingerprint density at radius 2 is 1.75 bits per heavy atom. The Labute approximate surface area is 126 Å². The van der Waals surface area contributed by atoms with Gasteiger partial charge in [-0.1, -0.05) is 0 Å². The summed E-state index contributed by atoms with van der Waals surface area (Å²) in [7, 11) is 4.88. The standard InChI is InChI=1S/C14H22N2O3.ClH/c1-9(8-15)16(3)14(17)11-6-12(18-4)10(2)13(7-11)19-5;/h6-7,9H,8,15H2,1-5H3;1H. The van der Waals surface area contributed by atoms with Crippen molar-refractivity contribution < 1.29 is 14.3 Å². The van der Waals surface area contributed by atoms with Crippen molar-refractivity contribution in [3.05, 3.63) is 23.3 Å². The van der Waals surface area contributed by atoms with E-state index in [1.54, 1.807) is 38.3 Å². The number of likely N-dealkylation sites (N-methyl/N-ethyl adjacent to an activating group) is 1. The fourth-order valence-electron chi connectivity index (χ4n) is 1.77. The van der Waals surface area contributed by atoms with E-state index in [4.69, 9.17) is 15.2 Å². The third kappa shape index (κ3) is 3.77. The molecule has 0 aliphatic rings. The number of amides is 1. The normalized spacial score (nSPS) is 11.3. The summed E-state index contributed by atoms with van der Waals surface area (Å²) in [5, 5.41) is 0. The fraction of sp³-hybridized carbons (Fsp3) is 0.500. The molecule has 6 heteroatoms. The molecule has 20 heavy (non-hydrogen) atoms. The SMILES string of the molecule is COc1cc(C(=O)N(C)C(C)CN)cc(OC)c1C.Cl. The molecular weight excluding hydrogens is 280 g/mol. The fourth-order valence-corrected chi connectivity index (χ4v) is 1.77. The van der Waals surface area contributed by atoms with Gasteiger partial charge in [0.05, 0.1) is 14.2 Å². The maximum atomic E-state index is 12.4. The number of halogens is 1. The number of carbonyl (C=O) groups is 1. The largest absolute Gasteiger partial charge is 0.496 e. The first-order chi connectivity index (χ1) is 8.96. The Kier molecular flexibility index (Phi) is 7.39. The number of methoxy groups -OCH3 is 2. The van der Waals surface area contributed by atoms with Gasteiger partial charge >= 0.3 is 0 Å².